The lowest BCUT2D eigenvalue weighted by molar-refractivity contribution is 0.899. The first-order chi connectivity index (χ1) is 11.6. The Hall–Kier alpha value is -2.81. The van der Waals surface area contributed by atoms with Gasteiger partial charge in [0.15, 0.2) is 0 Å². The number of nitrogens with zero attached hydrogens (tertiary/aromatic N) is 2. The molecule has 3 nitrogen and oxygen atoms in total. The zero-order valence-electron chi connectivity index (χ0n) is 14.2. The molecule has 3 aromatic carbocycles. The van der Waals surface area contributed by atoms with Crippen molar-refractivity contribution in [3.05, 3.63) is 60.7 Å². The largest absolute Gasteiger partial charge is 0.383 e. The van der Waals surface area contributed by atoms with E-state index in [2.05, 4.69) is 91.4 Å². The molecular weight excluding hydrogens is 294 g/mol. The molecule has 1 heterocycles. The molecule has 1 N–H and O–H groups in total. The summed E-state index contributed by atoms with van der Waals surface area (Å²) in [6.45, 7) is 4.29. The first-order valence-electron chi connectivity index (χ1n) is 8.34. The molecule has 0 aliphatic heterocycles. The Labute approximate surface area is 142 Å². The summed E-state index contributed by atoms with van der Waals surface area (Å²) in [4.78, 5) is 4.94. The topological polar surface area (TPSA) is 29.9 Å². The van der Waals surface area contributed by atoms with E-state index in [1.54, 1.807) is 0 Å². The van der Waals surface area contributed by atoms with Crippen LogP contribution in [0.25, 0.3) is 33.2 Å². The van der Waals surface area contributed by atoms with Crippen LogP contribution in [-0.4, -0.2) is 15.6 Å². The van der Waals surface area contributed by atoms with Crippen molar-refractivity contribution in [1.82, 2.24) is 9.55 Å². The monoisotopic (exact) mass is 315 g/mol. The Balaban J connectivity index is 1.85. The predicted octanol–water partition coefficient (Wildman–Crippen LogP) is 5.21. The number of fused-ring (bicyclic) bond motifs is 3. The minimum absolute atomic E-state index is 0.429. The highest BCUT2D eigenvalue weighted by Gasteiger charge is 2.12. The van der Waals surface area contributed by atoms with Gasteiger partial charge in [-0.3, -0.25) is 0 Å². The van der Waals surface area contributed by atoms with Gasteiger partial charge in [0.05, 0.1) is 11.0 Å². The molecule has 0 spiro atoms. The van der Waals surface area contributed by atoms with Crippen LogP contribution < -0.4 is 5.32 Å². The van der Waals surface area contributed by atoms with Gasteiger partial charge in [-0.1, -0.05) is 30.3 Å². The average molecular weight is 315 g/mol. The van der Waals surface area contributed by atoms with Crippen LogP contribution in [0.1, 0.15) is 13.8 Å². The van der Waals surface area contributed by atoms with E-state index in [1.807, 2.05) is 0 Å². The molecule has 0 atom stereocenters. The number of hydrogen-bond donors (Lipinski definition) is 1. The summed E-state index contributed by atoms with van der Waals surface area (Å²) in [6.07, 6.45) is 0. The highest BCUT2D eigenvalue weighted by atomic mass is 15.1. The summed E-state index contributed by atoms with van der Waals surface area (Å²) in [6, 6.07) is 21.7. The second-order valence-electron chi connectivity index (χ2n) is 6.53. The molecule has 4 aromatic rings. The lowest BCUT2D eigenvalue weighted by Crippen LogP contribution is -2.09. The number of imidazole rings is 1. The Morgan fingerprint density at radius 3 is 2.42 bits per heavy atom. The summed E-state index contributed by atoms with van der Waals surface area (Å²) < 4.78 is 2.17. The molecule has 4 rings (SSSR count). The first-order valence-corrected chi connectivity index (χ1v) is 8.34. The van der Waals surface area contributed by atoms with Gasteiger partial charge in [-0.2, -0.15) is 0 Å². The maximum absolute atomic E-state index is 4.94. The van der Waals surface area contributed by atoms with Crippen molar-refractivity contribution in [1.29, 1.82) is 0 Å². The maximum atomic E-state index is 4.94. The standard InChI is InChI=1S/C21H21N3/c1-14(2)22-17-11-8-16(9-12-17)21-23-20-18-7-5-4-6-15(18)10-13-19(20)24(21)3/h4-14,22H,1-3H3. The van der Waals surface area contributed by atoms with Crippen LogP contribution >= 0.6 is 0 Å². The third-order valence-electron chi connectivity index (χ3n) is 4.37. The molecule has 0 bridgehead atoms. The van der Waals surface area contributed by atoms with Crippen molar-refractivity contribution in [2.24, 2.45) is 7.05 Å². The molecule has 0 radical (unpaired) electrons. The Morgan fingerprint density at radius 1 is 0.917 bits per heavy atom. The van der Waals surface area contributed by atoms with E-state index in [9.17, 15) is 0 Å². The van der Waals surface area contributed by atoms with Crippen molar-refractivity contribution in [3.63, 3.8) is 0 Å². The Morgan fingerprint density at radius 2 is 1.67 bits per heavy atom. The van der Waals surface area contributed by atoms with Crippen LogP contribution in [-0.2, 0) is 7.05 Å². The van der Waals surface area contributed by atoms with Gasteiger partial charge in [-0.05, 0) is 49.6 Å². The molecule has 0 amide bonds. The fraction of sp³-hybridized carbons (Fsp3) is 0.190. The van der Waals surface area contributed by atoms with E-state index >= 15 is 0 Å². The molecular formula is C21H21N3. The zero-order valence-corrected chi connectivity index (χ0v) is 14.2. The lowest BCUT2D eigenvalue weighted by atomic mass is 10.1. The number of hydrogen-bond acceptors (Lipinski definition) is 2. The quantitative estimate of drug-likeness (QED) is 0.562. The molecule has 0 saturated heterocycles. The summed E-state index contributed by atoms with van der Waals surface area (Å²) >= 11 is 0. The van der Waals surface area contributed by atoms with E-state index in [-0.39, 0.29) is 0 Å². The zero-order chi connectivity index (χ0) is 16.7. The summed E-state index contributed by atoms with van der Waals surface area (Å²) in [5.41, 5.74) is 4.49. The summed E-state index contributed by atoms with van der Waals surface area (Å²) in [5.74, 6) is 0.998. The van der Waals surface area contributed by atoms with E-state index in [4.69, 9.17) is 4.98 Å². The predicted molar refractivity (Wildman–Crippen MR) is 102 cm³/mol. The van der Waals surface area contributed by atoms with Crippen LogP contribution in [0.5, 0.6) is 0 Å². The molecule has 0 fully saturated rings. The van der Waals surface area contributed by atoms with Gasteiger partial charge in [0, 0.05) is 29.7 Å². The second kappa shape index (κ2) is 5.68. The first kappa shape index (κ1) is 14.8. The number of anilines is 1. The van der Waals surface area contributed by atoms with E-state index in [0.717, 1.165) is 28.1 Å². The normalized spacial score (nSPS) is 11.5. The number of aryl methyl sites for hydroxylation is 1. The Bertz CT molecular complexity index is 1010. The van der Waals surface area contributed by atoms with Gasteiger partial charge in [0.2, 0.25) is 0 Å². The minimum Gasteiger partial charge on any atom is -0.383 e. The molecule has 0 aliphatic carbocycles. The molecule has 0 saturated carbocycles. The van der Waals surface area contributed by atoms with Gasteiger partial charge in [0.25, 0.3) is 0 Å². The van der Waals surface area contributed by atoms with Crippen LogP contribution in [0.15, 0.2) is 60.7 Å². The van der Waals surface area contributed by atoms with Gasteiger partial charge in [-0.25, -0.2) is 4.98 Å². The van der Waals surface area contributed by atoms with Gasteiger partial charge >= 0.3 is 0 Å². The average Bonchev–Trinajstić information content (AvgIpc) is 2.92. The molecule has 0 unspecified atom stereocenters. The van der Waals surface area contributed by atoms with Crippen molar-refractivity contribution >= 4 is 27.5 Å². The molecule has 1 aromatic heterocycles. The van der Waals surface area contributed by atoms with Gasteiger partial charge in [-0.15, -0.1) is 0 Å². The maximum Gasteiger partial charge on any atom is 0.140 e. The van der Waals surface area contributed by atoms with Crippen molar-refractivity contribution < 1.29 is 0 Å². The van der Waals surface area contributed by atoms with Crippen LogP contribution in [0, 0.1) is 0 Å². The van der Waals surface area contributed by atoms with Crippen molar-refractivity contribution in [3.8, 4) is 11.4 Å². The summed E-state index contributed by atoms with van der Waals surface area (Å²) in [5, 5.41) is 5.85. The number of rotatable bonds is 3. The van der Waals surface area contributed by atoms with Crippen LogP contribution in [0.3, 0.4) is 0 Å². The fourth-order valence-corrected chi connectivity index (χ4v) is 3.23. The fourth-order valence-electron chi connectivity index (χ4n) is 3.23. The third-order valence-corrected chi connectivity index (χ3v) is 4.37. The number of nitrogens with one attached hydrogen (secondary N) is 1. The van der Waals surface area contributed by atoms with Gasteiger partial charge < -0.3 is 9.88 Å². The number of benzene rings is 3. The highest BCUT2D eigenvalue weighted by molar-refractivity contribution is 6.05. The second-order valence-corrected chi connectivity index (χ2v) is 6.53. The lowest BCUT2D eigenvalue weighted by Gasteiger charge is -2.10. The summed E-state index contributed by atoms with van der Waals surface area (Å²) in [7, 11) is 2.08. The molecule has 120 valence electrons. The van der Waals surface area contributed by atoms with E-state index in [1.165, 1.54) is 10.8 Å². The third kappa shape index (κ3) is 2.42. The van der Waals surface area contributed by atoms with Gasteiger partial charge in [0.1, 0.15) is 5.82 Å². The number of aromatic nitrogens is 2. The van der Waals surface area contributed by atoms with Crippen molar-refractivity contribution in [2.75, 3.05) is 5.32 Å². The van der Waals surface area contributed by atoms with E-state index in [0.29, 0.717) is 6.04 Å². The van der Waals surface area contributed by atoms with Crippen LogP contribution in [0.2, 0.25) is 0 Å². The highest BCUT2D eigenvalue weighted by Crippen LogP contribution is 2.29. The smallest absolute Gasteiger partial charge is 0.140 e. The molecule has 0 aliphatic rings. The molecule has 3 heteroatoms. The molecule has 24 heavy (non-hydrogen) atoms. The van der Waals surface area contributed by atoms with E-state index < -0.39 is 0 Å². The van der Waals surface area contributed by atoms with Crippen LogP contribution in [0.4, 0.5) is 5.69 Å². The minimum atomic E-state index is 0.429. The Kier molecular flexibility index (Phi) is 3.49. The SMILES string of the molecule is CC(C)Nc1ccc(-c2nc3c4ccccc4ccc3n2C)cc1. The van der Waals surface area contributed by atoms with Crippen molar-refractivity contribution in [2.45, 2.75) is 19.9 Å².